The number of rotatable bonds is 5. The topological polar surface area (TPSA) is 87.2 Å². The van der Waals surface area contributed by atoms with Crippen molar-refractivity contribution in [2.45, 2.75) is 0 Å². The number of anilines is 1. The van der Waals surface area contributed by atoms with Crippen LogP contribution in [0.25, 0.3) is 0 Å². The summed E-state index contributed by atoms with van der Waals surface area (Å²) >= 11 is 0. The number of nitrogen functional groups attached to an aromatic ring is 1. The Morgan fingerprint density at radius 1 is 1.41 bits per heavy atom. The second-order valence-corrected chi connectivity index (χ2v) is 6.24. The van der Waals surface area contributed by atoms with Gasteiger partial charge in [0, 0.05) is 31.1 Å². The maximum atomic E-state index is 11.1. The Bertz CT molecular complexity index is 511. The Labute approximate surface area is 102 Å². The van der Waals surface area contributed by atoms with Crippen molar-refractivity contribution in [3.05, 3.63) is 29.8 Å². The van der Waals surface area contributed by atoms with Crippen LogP contribution in [0.4, 0.5) is 5.69 Å². The summed E-state index contributed by atoms with van der Waals surface area (Å²) in [6.07, 6.45) is 1.21. The van der Waals surface area contributed by atoms with Crippen LogP contribution in [0.1, 0.15) is 5.56 Å². The molecule has 0 spiro atoms. The first-order valence-corrected chi connectivity index (χ1v) is 7.19. The molecule has 3 N–H and O–H groups in total. The number of benzene rings is 1. The summed E-state index contributed by atoms with van der Waals surface area (Å²) < 4.78 is 22.2. The molecule has 1 rings (SSSR count). The highest BCUT2D eigenvalue weighted by Crippen LogP contribution is 2.18. The summed E-state index contributed by atoms with van der Waals surface area (Å²) in [4.78, 5) is 1.79. The van der Waals surface area contributed by atoms with Gasteiger partial charge in [-0.05, 0) is 12.1 Å². The van der Waals surface area contributed by atoms with Crippen molar-refractivity contribution in [3.8, 4) is 0 Å². The highest BCUT2D eigenvalue weighted by molar-refractivity contribution is 7.90. The Balaban J connectivity index is 2.89. The van der Waals surface area contributed by atoms with Gasteiger partial charge < -0.3 is 10.6 Å². The third-order valence-corrected chi connectivity index (χ3v) is 3.33. The van der Waals surface area contributed by atoms with Crippen molar-refractivity contribution in [1.82, 2.24) is 0 Å². The average Bonchev–Trinajstić information content (AvgIpc) is 2.25. The van der Waals surface area contributed by atoms with E-state index in [-0.39, 0.29) is 11.6 Å². The van der Waals surface area contributed by atoms with Crippen LogP contribution in [-0.2, 0) is 9.84 Å². The van der Waals surface area contributed by atoms with Crippen LogP contribution in [0.5, 0.6) is 0 Å². The van der Waals surface area contributed by atoms with Crippen LogP contribution < -0.4 is 10.6 Å². The summed E-state index contributed by atoms with van der Waals surface area (Å²) in [6, 6.07) is 7.19. The number of amidine groups is 1. The predicted molar refractivity (Wildman–Crippen MR) is 70.4 cm³/mol. The smallest absolute Gasteiger partial charge is 0.149 e. The minimum atomic E-state index is -2.99. The van der Waals surface area contributed by atoms with Gasteiger partial charge in [0.25, 0.3) is 0 Å². The fraction of sp³-hybridized carbons (Fsp3) is 0.364. The zero-order chi connectivity index (χ0) is 13.1. The lowest BCUT2D eigenvalue weighted by molar-refractivity contribution is 0.601. The van der Waals surface area contributed by atoms with E-state index in [0.29, 0.717) is 12.1 Å². The van der Waals surface area contributed by atoms with Crippen molar-refractivity contribution in [1.29, 1.82) is 5.41 Å². The van der Waals surface area contributed by atoms with Gasteiger partial charge in [-0.3, -0.25) is 5.41 Å². The maximum Gasteiger partial charge on any atom is 0.149 e. The van der Waals surface area contributed by atoms with E-state index < -0.39 is 9.84 Å². The zero-order valence-electron chi connectivity index (χ0n) is 9.97. The van der Waals surface area contributed by atoms with Gasteiger partial charge in [0.2, 0.25) is 0 Å². The van der Waals surface area contributed by atoms with E-state index in [9.17, 15) is 8.42 Å². The van der Waals surface area contributed by atoms with E-state index in [1.165, 1.54) is 6.26 Å². The van der Waals surface area contributed by atoms with Crippen molar-refractivity contribution < 1.29 is 8.42 Å². The molecule has 0 saturated carbocycles. The van der Waals surface area contributed by atoms with Crippen LogP contribution in [0.2, 0.25) is 0 Å². The second-order valence-electron chi connectivity index (χ2n) is 3.98. The van der Waals surface area contributed by atoms with E-state index in [1.807, 2.05) is 12.1 Å². The van der Waals surface area contributed by atoms with E-state index in [1.54, 1.807) is 24.1 Å². The fourth-order valence-electron chi connectivity index (χ4n) is 1.46. The van der Waals surface area contributed by atoms with Crippen LogP contribution in [0.15, 0.2) is 24.3 Å². The quantitative estimate of drug-likeness (QED) is 0.591. The van der Waals surface area contributed by atoms with Crippen LogP contribution in [0.3, 0.4) is 0 Å². The molecule has 0 saturated heterocycles. The van der Waals surface area contributed by atoms with Gasteiger partial charge in [-0.1, -0.05) is 12.1 Å². The number of hydrogen-bond donors (Lipinski definition) is 2. The summed E-state index contributed by atoms with van der Waals surface area (Å²) in [5.74, 6) is 0.0576. The number of nitrogens with one attached hydrogen (secondary N) is 1. The Kier molecular flexibility index (Phi) is 4.11. The summed E-state index contributed by atoms with van der Waals surface area (Å²) in [6.45, 7) is 0.378. The molecule has 0 aliphatic rings. The molecular weight excluding hydrogens is 238 g/mol. The molecule has 5 nitrogen and oxygen atoms in total. The molecule has 0 heterocycles. The summed E-state index contributed by atoms with van der Waals surface area (Å²) in [5, 5.41) is 7.46. The largest absolute Gasteiger partial charge is 0.384 e. The number of nitrogens with zero attached hydrogens (tertiary/aromatic N) is 1. The molecule has 1 aromatic rings. The van der Waals surface area contributed by atoms with E-state index >= 15 is 0 Å². The standard InChI is InChI=1S/C11H17N3O2S/c1-14(7-8-17(2,15)16)10-6-4-3-5-9(10)11(12)13/h3-6H,7-8H2,1-2H3,(H3,12,13). The van der Waals surface area contributed by atoms with Crippen molar-refractivity contribution in [2.24, 2.45) is 5.73 Å². The zero-order valence-corrected chi connectivity index (χ0v) is 10.8. The van der Waals surface area contributed by atoms with Crippen molar-refractivity contribution >= 4 is 21.4 Å². The van der Waals surface area contributed by atoms with Gasteiger partial charge in [-0.15, -0.1) is 0 Å². The van der Waals surface area contributed by atoms with E-state index in [4.69, 9.17) is 11.1 Å². The number of hydrogen-bond acceptors (Lipinski definition) is 4. The van der Waals surface area contributed by atoms with E-state index in [0.717, 1.165) is 5.69 Å². The number of nitrogens with two attached hydrogens (primary N) is 1. The Morgan fingerprint density at radius 2 is 2.00 bits per heavy atom. The van der Waals surface area contributed by atoms with Crippen molar-refractivity contribution in [3.63, 3.8) is 0 Å². The molecule has 0 fully saturated rings. The maximum absolute atomic E-state index is 11.1. The normalized spacial score (nSPS) is 11.2. The van der Waals surface area contributed by atoms with Gasteiger partial charge in [0.05, 0.1) is 5.75 Å². The lowest BCUT2D eigenvalue weighted by Crippen LogP contribution is -2.27. The third kappa shape index (κ3) is 4.07. The molecule has 0 radical (unpaired) electrons. The molecule has 6 heteroatoms. The molecule has 0 atom stereocenters. The molecule has 0 aliphatic carbocycles. The first kappa shape index (κ1) is 13.5. The Morgan fingerprint density at radius 3 is 2.53 bits per heavy atom. The van der Waals surface area contributed by atoms with Crippen molar-refractivity contribution in [2.75, 3.05) is 30.5 Å². The Hall–Kier alpha value is -1.56. The monoisotopic (exact) mass is 255 g/mol. The molecular formula is C11H17N3O2S. The molecule has 0 aliphatic heterocycles. The molecule has 0 aromatic heterocycles. The fourth-order valence-corrected chi connectivity index (χ4v) is 2.06. The van der Waals surface area contributed by atoms with Gasteiger partial charge in [-0.25, -0.2) is 8.42 Å². The average molecular weight is 255 g/mol. The van der Waals surface area contributed by atoms with Gasteiger partial charge in [0.1, 0.15) is 15.7 Å². The predicted octanol–water partition coefficient (Wildman–Crippen LogP) is 0.451. The molecule has 0 amide bonds. The second kappa shape index (κ2) is 5.18. The van der Waals surface area contributed by atoms with Gasteiger partial charge >= 0.3 is 0 Å². The first-order chi connectivity index (χ1) is 7.81. The molecule has 1 aromatic carbocycles. The van der Waals surface area contributed by atoms with Gasteiger partial charge in [-0.2, -0.15) is 0 Å². The lowest BCUT2D eigenvalue weighted by Gasteiger charge is -2.21. The lowest BCUT2D eigenvalue weighted by atomic mass is 10.1. The number of para-hydroxylation sites is 1. The first-order valence-electron chi connectivity index (χ1n) is 5.13. The highest BCUT2D eigenvalue weighted by atomic mass is 32.2. The summed E-state index contributed by atoms with van der Waals surface area (Å²) in [7, 11) is -1.20. The minimum Gasteiger partial charge on any atom is -0.384 e. The summed E-state index contributed by atoms with van der Waals surface area (Å²) in [5.41, 5.74) is 6.85. The molecule has 0 unspecified atom stereocenters. The SMILES string of the molecule is CN(CCS(C)(=O)=O)c1ccccc1C(=N)N. The minimum absolute atomic E-state index is 0.0215. The van der Waals surface area contributed by atoms with Crippen LogP contribution >= 0.6 is 0 Å². The molecule has 17 heavy (non-hydrogen) atoms. The van der Waals surface area contributed by atoms with Crippen LogP contribution in [0, 0.1) is 5.41 Å². The molecule has 94 valence electrons. The highest BCUT2D eigenvalue weighted by Gasteiger charge is 2.11. The third-order valence-electron chi connectivity index (χ3n) is 2.40. The van der Waals surface area contributed by atoms with Gasteiger partial charge in [0.15, 0.2) is 0 Å². The molecule has 0 bridgehead atoms. The number of sulfone groups is 1. The van der Waals surface area contributed by atoms with E-state index in [2.05, 4.69) is 0 Å². The van der Waals surface area contributed by atoms with Crippen LogP contribution in [-0.4, -0.2) is 39.9 Å².